The smallest absolute Gasteiger partial charge is 0.271 e. The number of hydrazine groups is 1. The molecule has 2 N–H and O–H groups in total. The van der Waals surface area contributed by atoms with Crippen LogP contribution in [0.1, 0.15) is 20.7 Å². The molecule has 0 heterocycles. The van der Waals surface area contributed by atoms with Crippen molar-refractivity contribution >= 4 is 29.1 Å². The highest BCUT2D eigenvalue weighted by molar-refractivity contribution is 6.34. The van der Waals surface area contributed by atoms with Gasteiger partial charge >= 0.3 is 0 Å². The lowest BCUT2D eigenvalue weighted by Gasteiger charge is -2.10. The van der Waals surface area contributed by atoms with Gasteiger partial charge in [-0.15, -0.1) is 0 Å². The lowest BCUT2D eigenvalue weighted by atomic mass is 10.2. The topological polar surface area (TPSA) is 120 Å². The fraction of sp³-hybridized carbons (Fsp3) is 0.125. The average molecular weight is 380 g/mol. The molecule has 0 bridgehead atoms. The Morgan fingerprint density at radius 3 is 2.08 bits per heavy atom. The van der Waals surface area contributed by atoms with Gasteiger partial charge in [0.2, 0.25) is 0 Å². The minimum atomic E-state index is -0.729. The molecule has 10 heteroatoms. The summed E-state index contributed by atoms with van der Waals surface area (Å²) >= 11 is 5.87. The molecule has 136 valence electrons. The maximum Gasteiger partial charge on any atom is 0.271 e. The summed E-state index contributed by atoms with van der Waals surface area (Å²) < 4.78 is 10.1. The van der Waals surface area contributed by atoms with Crippen LogP contribution in [-0.4, -0.2) is 31.0 Å². The number of nitrogens with one attached hydrogen (secondary N) is 2. The van der Waals surface area contributed by atoms with Gasteiger partial charge in [0.1, 0.15) is 11.5 Å². The molecule has 0 atom stereocenters. The standard InChI is InChI=1S/C16H14ClN3O6/c1-25-11-5-9(6-12(8-11)26-2)15(21)18-19-16(22)13-4-3-10(20(23)24)7-14(13)17/h3-8H,1-2H3,(H,18,21)(H,19,22). The lowest BCUT2D eigenvalue weighted by Crippen LogP contribution is -2.41. The predicted molar refractivity (Wildman–Crippen MR) is 92.6 cm³/mol. The number of non-ortho nitro benzene ring substituents is 1. The van der Waals surface area contributed by atoms with Gasteiger partial charge in [0, 0.05) is 23.8 Å². The van der Waals surface area contributed by atoms with E-state index in [4.69, 9.17) is 21.1 Å². The van der Waals surface area contributed by atoms with Crippen LogP contribution in [0.3, 0.4) is 0 Å². The third-order valence-electron chi connectivity index (χ3n) is 3.31. The number of nitro benzene ring substituents is 1. The van der Waals surface area contributed by atoms with Gasteiger partial charge in [-0.25, -0.2) is 0 Å². The van der Waals surface area contributed by atoms with Crippen molar-refractivity contribution in [1.82, 2.24) is 10.9 Å². The van der Waals surface area contributed by atoms with E-state index in [9.17, 15) is 19.7 Å². The lowest BCUT2D eigenvalue weighted by molar-refractivity contribution is -0.384. The molecule has 0 saturated carbocycles. The number of methoxy groups -OCH3 is 2. The van der Waals surface area contributed by atoms with Gasteiger partial charge in [0.15, 0.2) is 0 Å². The maximum atomic E-state index is 12.2. The molecule has 0 aliphatic carbocycles. The Balaban J connectivity index is 2.10. The number of rotatable bonds is 5. The number of nitro groups is 1. The van der Waals surface area contributed by atoms with E-state index < -0.39 is 16.7 Å². The minimum absolute atomic E-state index is 0.0270. The maximum absolute atomic E-state index is 12.2. The zero-order valence-corrected chi connectivity index (χ0v) is 14.5. The number of nitrogens with zero attached hydrogens (tertiary/aromatic N) is 1. The molecular formula is C16H14ClN3O6. The number of halogens is 1. The molecular weight excluding hydrogens is 366 g/mol. The van der Waals surface area contributed by atoms with Gasteiger partial charge in [-0.1, -0.05) is 11.6 Å². The number of carbonyl (C=O) groups excluding carboxylic acids is 2. The Hall–Kier alpha value is -3.33. The van der Waals surface area contributed by atoms with Gasteiger partial charge < -0.3 is 9.47 Å². The van der Waals surface area contributed by atoms with E-state index in [2.05, 4.69) is 10.9 Å². The highest BCUT2D eigenvalue weighted by atomic mass is 35.5. The van der Waals surface area contributed by atoms with Crippen molar-refractivity contribution in [2.24, 2.45) is 0 Å². The Morgan fingerprint density at radius 1 is 1.00 bits per heavy atom. The normalized spacial score (nSPS) is 9.96. The number of hydrogen-bond donors (Lipinski definition) is 2. The van der Waals surface area contributed by atoms with Crippen LogP contribution < -0.4 is 20.3 Å². The average Bonchev–Trinajstić information content (AvgIpc) is 2.64. The molecule has 2 rings (SSSR count). The van der Waals surface area contributed by atoms with Crippen LogP contribution in [0.25, 0.3) is 0 Å². The first-order chi connectivity index (χ1) is 12.3. The first-order valence-electron chi connectivity index (χ1n) is 7.13. The van der Waals surface area contributed by atoms with Crippen molar-refractivity contribution in [2.75, 3.05) is 14.2 Å². The highest BCUT2D eigenvalue weighted by Crippen LogP contribution is 2.23. The Morgan fingerprint density at radius 2 is 1.58 bits per heavy atom. The second kappa shape index (κ2) is 8.17. The minimum Gasteiger partial charge on any atom is -0.497 e. The SMILES string of the molecule is COc1cc(OC)cc(C(=O)NNC(=O)c2ccc([N+](=O)[O-])cc2Cl)c1. The summed E-state index contributed by atoms with van der Waals surface area (Å²) in [6.45, 7) is 0. The molecule has 2 aromatic carbocycles. The number of ether oxygens (including phenoxy) is 2. The van der Waals surface area contributed by atoms with Gasteiger partial charge in [-0.3, -0.25) is 30.6 Å². The molecule has 0 aliphatic heterocycles. The first kappa shape index (κ1) is 19.0. The van der Waals surface area contributed by atoms with E-state index in [-0.39, 0.29) is 21.8 Å². The molecule has 0 radical (unpaired) electrons. The van der Waals surface area contributed by atoms with E-state index in [1.807, 2.05) is 0 Å². The van der Waals surface area contributed by atoms with E-state index in [1.165, 1.54) is 32.4 Å². The van der Waals surface area contributed by atoms with Crippen LogP contribution >= 0.6 is 11.6 Å². The van der Waals surface area contributed by atoms with Crippen molar-refractivity contribution in [3.05, 3.63) is 62.7 Å². The molecule has 2 amide bonds. The zero-order chi connectivity index (χ0) is 19.3. The number of amides is 2. The van der Waals surface area contributed by atoms with Crippen molar-refractivity contribution in [3.63, 3.8) is 0 Å². The summed E-state index contributed by atoms with van der Waals surface area (Å²) in [4.78, 5) is 34.3. The van der Waals surface area contributed by atoms with Crippen LogP contribution in [0.2, 0.25) is 5.02 Å². The molecule has 26 heavy (non-hydrogen) atoms. The van der Waals surface area contributed by atoms with E-state index in [0.29, 0.717) is 11.5 Å². The molecule has 2 aromatic rings. The van der Waals surface area contributed by atoms with Gasteiger partial charge in [-0.2, -0.15) is 0 Å². The van der Waals surface area contributed by atoms with E-state index in [0.717, 1.165) is 12.1 Å². The van der Waals surface area contributed by atoms with Crippen LogP contribution in [-0.2, 0) is 0 Å². The number of benzene rings is 2. The highest BCUT2D eigenvalue weighted by Gasteiger charge is 2.16. The summed E-state index contributed by atoms with van der Waals surface area (Å²) in [5.74, 6) is -0.542. The molecule has 0 saturated heterocycles. The third-order valence-corrected chi connectivity index (χ3v) is 3.62. The van der Waals surface area contributed by atoms with Gasteiger partial charge in [0.25, 0.3) is 17.5 Å². The third kappa shape index (κ3) is 4.39. The molecule has 0 unspecified atom stereocenters. The van der Waals surface area contributed by atoms with Crippen molar-refractivity contribution in [1.29, 1.82) is 0 Å². The molecule has 0 aliphatic rings. The van der Waals surface area contributed by atoms with Gasteiger partial charge in [0.05, 0.1) is 29.7 Å². The summed E-state index contributed by atoms with van der Waals surface area (Å²) in [7, 11) is 2.88. The molecule has 0 spiro atoms. The van der Waals surface area contributed by atoms with Crippen molar-refractivity contribution in [2.45, 2.75) is 0 Å². The van der Waals surface area contributed by atoms with Crippen LogP contribution in [0, 0.1) is 10.1 Å². The Labute approximate surface area is 153 Å². The van der Waals surface area contributed by atoms with Crippen molar-refractivity contribution < 1.29 is 24.0 Å². The first-order valence-corrected chi connectivity index (χ1v) is 7.51. The Kier molecular flexibility index (Phi) is 5.97. The summed E-state index contributed by atoms with van der Waals surface area (Å²) in [6, 6.07) is 7.88. The fourth-order valence-corrected chi connectivity index (χ4v) is 2.25. The monoisotopic (exact) mass is 379 g/mol. The fourth-order valence-electron chi connectivity index (χ4n) is 1.99. The van der Waals surface area contributed by atoms with E-state index in [1.54, 1.807) is 6.07 Å². The Bertz CT molecular complexity index is 849. The van der Waals surface area contributed by atoms with Crippen LogP contribution in [0.5, 0.6) is 11.5 Å². The molecule has 0 fully saturated rings. The van der Waals surface area contributed by atoms with Gasteiger partial charge in [-0.05, 0) is 18.2 Å². The van der Waals surface area contributed by atoms with Crippen LogP contribution in [0.4, 0.5) is 5.69 Å². The number of carbonyl (C=O) groups is 2. The number of hydrogen-bond acceptors (Lipinski definition) is 6. The predicted octanol–water partition coefficient (Wildman–Crippen LogP) is 2.34. The summed E-state index contributed by atoms with van der Waals surface area (Å²) in [5.41, 5.74) is 4.32. The quantitative estimate of drug-likeness (QED) is 0.607. The summed E-state index contributed by atoms with van der Waals surface area (Å²) in [5, 5.41) is 10.6. The van der Waals surface area contributed by atoms with E-state index >= 15 is 0 Å². The second-order valence-corrected chi connectivity index (χ2v) is 5.34. The second-order valence-electron chi connectivity index (χ2n) is 4.93. The summed E-state index contributed by atoms with van der Waals surface area (Å²) in [6.07, 6.45) is 0. The molecule has 9 nitrogen and oxygen atoms in total. The van der Waals surface area contributed by atoms with Crippen LogP contribution in [0.15, 0.2) is 36.4 Å². The zero-order valence-electron chi connectivity index (χ0n) is 13.7. The molecule has 0 aromatic heterocycles. The van der Waals surface area contributed by atoms with Crippen molar-refractivity contribution in [3.8, 4) is 11.5 Å². The largest absolute Gasteiger partial charge is 0.497 e.